The highest BCUT2D eigenvalue weighted by atomic mass is 127. The SMILES string of the molecule is CCCNC(=O)CCN=C(NCC)NC1CCN(C(=O)C2CCCC2)C1.I. The molecule has 1 saturated carbocycles. The summed E-state index contributed by atoms with van der Waals surface area (Å²) in [7, 11) is 0. The van der Waals surface area contributed by atoms with Gasteiger partial charge in [0.2, 0.25) is 11.8 Å². The number of hydrogen-bond donors (Lipinski definition) is 3. The van der Waals surface area contributed by atoms with Crippen molar-refractivity contribution in [2.75, 3.05) is 32.7 Å². The molecular weight excluding hydrogens is 457 g/mol. The van der Waals surface area contributed by atoms with Crippen molar-refractivity contribution in [2.24, 2.45) is 10.9 Å². The Hall–Kier alpha value is -1.06. The second kappa shape index (κ2) is 13.2. The van der Waals surface area contributed by atoms with Crippen LogP contribution in [0.3, 0.4) is 0 Å². The highest BCUT2D eigenvalue weighted by molar-refractivity contribution is 14.0. The molecule has 1 saturated heterocycles. The third-order valence-corrected chi connectivity index (χ3v) is 5.07. The molecular formula is C19H36IN5O2. The maximum Gasteiger partial charge on any atom is 0.225 e. The number of amides is 2. The molecule has 7 nitrogen and oxygen atoms in total. The van der Waals surface area contributed by atoms with Crippen molar-refractivity contribution in [1.29, 1.82) is 0 Å². The Kier molecular flexibility index (Phi) is 11.7. The smallest absolute Gasteiger partial charge is 0.225 e. The summed E-state index contributed by atoms with van der Waals surface area (Å²) in [4.78, 5) is 30.7. The number of nitrogens with one attached hydrogen (secondary N) is 3. The minimum atomic E-state index is 0. The third kappa shape index (κ3) is 8.23. The topological polar surface area (TPSA) is 85.8 Å². The fourth-order valence-corrected chi connectivity index (χ4v) is 3.64. The van der Waals surface area contributed by atoms with E-state index < -0.39 is 0 Å². The van der Waals surface area contributed by atoms with Gasteiger partial charge in [-0.25, -0.2) is 0 Å². The molecule has 0 aromatic heterocycles. The first kappa shape index (κ1) is 24.0. The molecule has 1 heterocycles. The van der Waals surface area contributed by atoms with Crippen LogP contribution in [-0.4, -0.2) is 61.4 Å². The van der Waals surface area contributed by atoms with Crippen molar-refractivity contribution in [3.63, 3.8) is 0 Å². The van der Waals surface area contributed by atoms with E-state index in [4.69, 9.17) is 0 Å². The average Bonchev–Trinajstić information content (AvgIpc) is 3.31. The van der Waals surface area contributed by atoms with Crippen LogP contribution in [0.1, 0.15) is 58.8 Å². The monoisotopic (exact) mass is 493 g/mol. The summed E-state index contributed by atoms with van der Waals surface area (Å²) in [6.07, 6.45) is 6.77. The first-order valence-corrected chi connectivity index (χ1v) is 10.2. The van der Waals surface area contributed by atoms with E-state index >= 15 is 0 Å². The maximum absolute atomic E-state index is 12.5. The summed E-state index contributed by atoms with van der Waals surface area (Å²) < 4.78 is 0. The van der Waals surface area contributed by atoms with Gasteiger partial charge in [0, 0.05) is 44.6 Å². The van der Waals surface area contributed by atoms with Crippen molar-refractivity contribution in [1.82, 2.24) is 20.9 Å². The molecule has 1 unspecified atom stereocenters. The highest BCUT2D eigenvalue weighted by Gasteiger charge is 2.32. The van der Waals surface area contributed by atoms with Gasteiger partial charge < -0.3 is 20.9 Å². The lowest BCUT2D eigenvalue weighted by molar-refractivity contribution is -0.134. The van der Waals surface area contributed by atoms with Crippen LogP contribution in [0.4, 0.5) is 0 Å². The molecule has 2 amide bonds. The van der Waals surface area contributed by atoms with E-state index in [-0.39, 0.29) is 41.8 Å². The lowest BCUT2D eigenvalue weighted by Gasteiger charge is -2.21. The molecule has 2 aliphatic rings. The van der Waals surface area contributed by atoms with Gasteiger partial charge in [0.1, 0.15) is 0 Å². The molecule has 3 N–H and O–H groups in total. The van der Waals surface area contributed by atoms with E-state index in [0.717, 1.165) is 51.3 Å². The molecule has 0 radical (unpaired) electrons. The molecule has 2 fully saturated rings. The normalized spacial score (nSPS) is 20.3. The van der Waals surface area contributed by atoms with Gasteiger partial charge in [-0.3, -0.25) is 14.6 Å². The predicted octanol–water partition coefficient (Wildman–Crippen LogP) is 1.87. The minimum absolute atomic E-state index is 0. The summed E-state index contributed by atoms with van der Waals surface area (Å²) in [5, 5.41) is 9.51. The van der Waals surface area contributed by atoms with Gasteiger partial charge in [-0.1, -0.05) is 19.8 Å². The number of nitrogens with zero attached hydrogens (tertiary/aromatic N) is 2. The number of carbonyl (C=O) groups excluding carboxylic acids is 2. The quantitative estimate of drug-likeness (QED) is 0.274. The first-order valence-electron chi connectivity index (χ1n) is 10.2. The summed E-state index contributed by atoms with van der Waals surface area (Å²) in [5.41, 5.74) is 0. The van der Waals surface area contributed by atoms with Gasteiger partial charge in [0.15, 0.2) is 5.96 Å². The largest absolute Gasteiger partial charge is 0.357 e. The van der Waals surface area contributed by atoms with Crippen LogP contribution in [0, 0.1) is 5.92 Å². The lowest BCUT2D eigenvalue weighted by atomic mass is 10.1. The second-order valence-corrected chi connectivity index (χ2v) is 7.26. The summed E-state index contributed by atoms with van der Waals surface area (Å²) >= 11 is 0. The summed E-state index contributed by atoms with van der Waals surface area (Å²) in [5.74, 6) is 1.36. The van der Waals surface area contributed by atoms with Gasteiger partial charge in [-0.05, 0) is 32.6 Å². The number of rotatable bonds is 8. The third-order valence-electron chi connectivity index (χ3n) is 5.07. The van der Waals surface area contributed by atoms with Crippen LogP contribution in [0.2, 0.25) is 0 Å². The van der Waals surface area contributed by atoms with Gasteiger partial charge in [0.25, 0.3) is 0 Å². The van der Waals surface area contributed by atoms with Crippen LogP contribution in [-0.2, 0) is 9.59 Å². The molecule has 27 heavy (non-hydrogen) atoms. The Bertz CT molecular complexity index is 494. The molecule has 2 rings (SSSR count). The zero-order valence-corrected chi connectivity index (χ0v) is 19.1. The van der Waals surface area contributed by atoms with Crippen LogP contribution in [0.15, 0.2) is 4.99 Å². The Balaban J connectivity index is 0.00000364. The van der Waals surface area contributed by atoms with Crippen molar-refractivity contribution in [2.45, 2.75) is 64.8 Å². The molecule has 0 aromatic rings. The molecule has 0 spiro atoms. The molecule has 1 aliphatic carbocycles. The molecule has 156 valence electrons. The Morgan fingerprint density at radius 2 is 1.85 bits per heavy atom. The standard InChI is InChI=1S/C19H35N5O2.HI/c1-3-11-21-17(25)9-12-22-19(20-4-2)23-16-10-13-24(14-16)18(26)15-7-5-6-8-15;/h15-16H,3-14H2,1-2H3,(H,21,25)(H2,20,22,23);1H. The van der Waals surface area contributed by atoms with Gasteiger partial charge in [0.05, 0.1) is 6.54 Å². The molecule has 0 bridgehead atoms. The fraction of sp³-hybridized carbons (Fsp3) is 0.842. The maximum atomic E-state index is 12.5. The number of guanidine groups is 1. The molecule has 1 aliphatic heterocycles. The lowest BCUT2D eigenvalue weighted by Crippen LogP contribution is -2.45. The number of aliphatic imine (C=N–C) groups is 1. The van der Waals surface area contributed by atoms with Crippen molar-refractivity contribution < 1.29 is 9.59 Å². The highest BCUT2D eigenvalue weighted by Crippen LogP contribution is 2.27. The van der Waals surface area contributed by atoms with E-state index in [0.29, 0.717) is 25.4 Å². The van der Waals surface area contributed by atoms with E-state index in [9.17, 15) is 9.59 Å². The molecule has 8 heteroatoms. The van der Waals surface area contributed by atoms with Gasteiger partial charge in [-0.2, -0.15) is 0 Å². The number of carbonyl (C=O) groups is 2. The van der Waals surface area contributed by atoms with E-state index in [1.165, 1.54) is 12.8 Å². The second-order valence-electron chi connectivity index (χ2n) is 7.26. The van der Waals surface area contributed by atoms with Crippen LogP contribution < -0.4 is 16.0 Å². The molecule has 1 atom stereocenters. The first-order chi connectivity index (χ1) is 12.6. The van der Waals surface area contributed by atoms with Crippen LogP contribution in [0.25, 0.3) is 0 Å². The van der Waals surface area contributed by atoms with E-state index in [1.807, 2.05) is 18.7 Å². The Labute approximate surface area is 180 Å². The van der Waals surface area contributed by atoms with E-state index in [2.05, 4.69) is 20.9 Å². The van der Waals surface area contributed by atoms with Crippen molar-refractivity contribution >= 4 is 41.8 Å². The molecule has 0 aromatic carbocycles. The van der Waals surface area contributed by atoms with Gasteiger partial charge >= 0.3 is 0 Å². The Morgan fingerprint density at radius 3 is 2.52 bits per heavy atom. The number of likely N-dealkylation sites (tertiary alicyclic amines) is 1. The van der Waals surface area contributed by atoms with E-state index in [1.54, 1.807) is 0 Å². The van der Waals surface area contributed by atoms with Gasteiger partial charge in [-0.15, -0.1) is 24.0 Å². The zero-order valence-electron chi connectivity index (χ0n) is 16.8. The zero-order chi connectivity index (χ0) is 18.8. The number of hydrogen-bond acceptors (Lipinski definition) is 3. The Morgan fingerprint density at radius 1 is 1.11 bits per heavy atom. The summed E-state index contributed by atoms with van der Waals surface area (Å²) in [6, 6.07) is 0.229. The van der Waals surface area contributed by atoms with Crippen molar-refractivity contribution in [3.05, 3.63) is 0 Å². The number of halogens is 1. The van der Waals surface area contributed by atoms with Crippen LogP contribution >= 0.6 is 24.0 Å². The van der Waals surface area contributed by atoms with Crippen molar-refractivity contribution in [3.8, 4) is 0 Å². The summed E-state index contributed by atoms with van der Waals surface area (Å²) in [6.45, 7) is 7.58. The minimum Gasteiger partial charge on any atom is -0.357 e. The fourth-order valence-electron chi connectivity index (χ4n) is 3.64. The van der Waals surface area contributed by atoms with Crippen LogP contribution in [0.5, 0.6) is 0 Å². The average molecular weight is 493 g/mol. The predicted molar refractivity (Wildman–Crippen MR) is 119 cm³/mol.